The molecule has 0 aliphatic rings. The molecule has 0 atom stereocenters. The van der Waals surface area contributed by atoms with E-state index in [1.807, 2.05) is 13.8 Å². The maximum atomic E-state index is 13.1. The zero-order valence-electron chi connectivity index (χ0n) is 39.6. The van der Waals surface area contributed by atoms with Crippen molar-refractivity contribution in [1.82, 2.24) is 0 Å². The van der Waals surface area contributed by atoms with Crippen molar-refractivity contribution in [3.05, 3.63) is 116 Å². The van der Waals surface area contributed by atoms with Crippen molar-refractivity contribution in [3.8, 4) is 11.5 Å². The van der Waals surface area contributed by atoms with Crippen molar-refractivity contribution in [2.75, 3.05) is 23.8 Å². The van der Waals surface area contributed by atoms with Gasteiger partial charge in [-0.2, -0.15) is 26.3 Å². The third kappa shape index (κ3) is 22.8. The average Bonchev–Trinajstić information content (AvgIpc) is 3.26. The van der Waals surface area contributed by atoms with E-state index in [1.165, 1.54) is 37.3 Å². The molecule has 4 aromatic rings. The van der Waals surface area contributed by atoms with Gasteiger partial charge in [-0.1, -0.05) is 49.2 Å². The normalized spacial score (nSPS) is 10.6. The van der Waals surface area contributed by atoms with Crippen LogP contribution in [0.4, 0.5) is 37.7 Å². The van der Waals surface area contributed by atoms with Gasteiger partial charge in [0.15, 0.2) is 0 Å². The molecular formula is C49H55Cl2F6N2NaO10. The molecule has 21 heteroatoms. The maximum absolute atomic E-state index is 13.1. The van der Waals surface area contributed by atoms with Gasteiger partial charge in [0.25, 0.3) is 11.8 Å². The summed E-state index contributed by atoms with van der Waals surface area (Å²) in [6, 6.07) is 15.4. The minimum atomic E-state index is -4.68. The number of carbonyl (C=O) groups excluding carboxylic acids is 5. The van der Waals surface area contributed by atoms with E-state index in [0.29, 0.717) is 49.7 Å². The fourth-order valence-electron chi connectivity index (χ4n) is 6.26. The van der Waals surface area contributed by atoms with Crippen molar-refractivity contribution in [2.45, 2.75) is 111 Å². The van der Waals surface area contributed by atoms with E-state index >= 15 is 0 Å². The number of carboxylic acid groups (broad SMARTS) is 1. The van der Waals surface area contributed by atoms with E-state index in [4.69, 9.17) is 37.8 Å². The van der Waals surface area contributed by atoms with E-state index < -0.39 is 51.3 Å². The maximum Gasteiger partial charge on any atom is 1.00 e. The Balaban J connectivity index is 0.00000128. The molecule has 0 heterocycles. The van der Waals surface area contributed by atoms with Gasteiger partial charge in [-0.15, -0.1) is 0 Å². The summed E-state index contributed by atoms with van der Waals surface area (Å²) < 4.78 is 89.6. The molecule has 0 radical (unpaired) electrons. The first-order chi connectivity index (χ1) is 32.0. The standard InChI is InChI=1S/C24H25ClF3NO4.C23H23ClF3NO5.C2H6.Na.H2O/c1-3-33-22-11-8-16(12-18(31)7-5-4-6-15(2)30)13-19(22)23(32)29-17-9-10-21(25)20(14-17)24(26,27)28;1-2-33-20-10-7-14(11-16(29)5-3-4-6-21(30)31)12-17(20)22(32)28-15-8-9-19(24)18(13-15)23(25,26)27;1-2;;/h8-11,13-14H,3-7,12H2,1-2H3,(H,29,32);7-10,12-13H,2-6,11H2,1H3,(H,28,32)(H,30,31);1-2H3;;1H2/q;;;+1;/p-1. The van der Waals surface area contributed by atoms with Crippen LogP contribution in [0, 0.1) is 0 Å². The quantitative estimate of drug-likeness (QED) is 0.0387. The molecule has 0 spiro atoms. The van der Waals surface area contributed by atoms with Gasteiger partial charge in [0.05, 0.1) is 45.5 Å². The fraction of sp³-hybridized carbons (Fsp3) is 0.388. The smallest absolute Gasteiger partial charge is 0.870 e. The van der Waals surface area contributed by atoms with Gasteiger partial charge < -0.3 is 35.5 Å². The van der Waals surface area contributed by atoms with Gasteiger partial charge >= 0.3 is 47.9 Å². The zero-order valence-corrected chi connectivity index (χ0v) is 43.1. The van der Waals surface area contributed by atoms with Gasteiger partial charge in [-0.3, -0.25) is 24.0 Å². The Bertz CT molecular complexity index is 2220. The number of carbonyl (C=O) groups is 6. The van der Waals surface area contributed by atoms with E-state index in [9.17, 15) is 55.1 Å². The summed E-state index contributed by atoms with van der Waals surface area (Å²) in [5.74, 6) is -1.92. The summed E-state index contributed by atoms with van der Waals surface area (Å²) in [7, 11) is 0. The minimum Gasteiger partial charge on any atom is -0.870 e. The number of benzene rings is 4. The third-order valence-corrected chi connectivity index (χ3v) is 10.0. The molecule has 12 nitrogen and oxygen atoms in total. The number of hydrogen-bond acceptors (Lipinski definition) is 9. The van der Waals surface area contributed by atoms with Crippen LogP contribution in [-0.4, -0.2) is 58.9 Å². The summed E-state index contributed by atoms with van der Waals surface area (Å²) in [5, 5.41) is 12.5. The number of aliphatic carboxylic acids is 1. The van der Waals surface area contributed by atoms with Crippen molar-refractivity contribution in [1.29, 1.82) is 0 Å². The second-order valence-corrected chi connectivity index (χ2v) is 15.6. The number of amides is 2. The van der Waals surface area contributed by atoms with Crippen molar-refractivity contribution < 1.29 is 105 Å². The van der Waals surface area contributed by atoms with Gasteiger partial charge in [0.1, 0.15) is 28.8 Å². The van der Waals surface area contributed by atoms with Gasteiger partial charge in [-0.05, 0) is 118 Å². The number of unbranched alkanes of at least 4 members (excludes halogenated alkanes) is 2. The van der Waals surface area contributed by atoms with Gasteiger partial charge in [0, 0.05) is 49.9 Å². The Hall–Kier alpha value is -4.98. The van der Waals surface area contributed by atoms with E-state index in [1.54, 1.807) is 32.0 Å². The second-order valence-electron chi connectivity index (χ2n) is 14.8. The Labute approximate surface area is 434 Å². The SMILES string of the molecule is CC.CCOc1ccc(CC(=O)CCCCC(=O)O)cc1C(=O)Nc1ccc(Cl)c(C(F)(F)F)c1.CCOc1ccc(CC(=O)CCCCC(C)=O)cc1C(=O)Nc1ccc(Cl)c(C(F)(F)F)c1.[Na+].[OH-]. The van der Waals surface area contributed by atoms with E-state index in [-0.39, 0.29) is 125 Å². The van der Waals surface area contributed by atoms with E-state index in [2.05, 4.69) is 10.6 Å². The molecule has 0 saturated carbocycles. The van der Waals surface area contributed by atoms with Crippen LogP contribution in [0.1, 0.15) is 129 Å². The molecule has 0 unspecified atom stereocenters. The average molecular weight is 1040 g/mol. The molecule has 70 heavy (non-hydrogen) atoms. The number of anilines is 2. The summed E-state index contributed by atoms with van der Waals surface area (Å²) in [5.41, 5.74) is -1.04. The number of rotatable bonds is 22. The topological polar surface area (TPSA) is 195 Å². The first kappa shape index (κ1) is 65.0. The number of carboxylic acids is 1. The number of hydrogen-bond donors (Lipinski definition) is 3. The van der Waals surface area contributed by atoms with E-state index in [0.717, 1.165) is 24.3 Å². The summed E-state index contributed by atoms with van der Waals surface area (Å²) in [6.45, 7) is 9.47. The number of nitrogens with one attached hydrogen (secondary N) is 2. The molecule has 4 aromatic carbocycles. The Morgan fingerprint density at radius 1 is 0.571 bits per heavy atom. The molecule has 4 N–H and O–H groups in total. The first-order valence-corrected chi connectivity index (χ1v) is 22.4. The summed E-state index contributed by atoms with van der Waals surface area (Å²) in [4.78, 5) is 71.7. The van der Waals surface area contributed by atoms with Crippen LogP contribution in [-0.2, 0) is 44.4 Å². The molecule has 378 valence electrons. The molecular weight excluding hydrogens is 984 g/mol. The van der Waals surface area contributed by atoms with Crippen LogP contribution >= 0.6 is 23.2 Å². The van der Waals surface area contributed by atoms with Crippen molar-refractivity contribution in [3.63, 3.8) is 0 Å². The molecule has 0 aliphatic carbocycles. The van der Waals surface area contributed by atoms with Crippen molar-refractivity contribution in [2.24, 2.45) is 0 Å². The molecule has 0 bridgehead atoms. The van der Waals surface area contributed by atoms with Crippen LogP contribution in [0.3, 0.4) is 0 Å². The van der Waals surface area contributed by atoms with Crippen LogP contribution in [0.15, 0.2) is 72.8 Å². The molecule has 0 saturated heterocycles. The van der Waals surface area contributed by atoms with Crippen LogP contribution in [0.5, 0.6) is 11.5 Å². The predicted molar refractivity (Wildman–Crippen MR) is 250 cm³/mol. The third-order valence-electron chi connectivity index (χ3n) is 9.37. The van der Waals surface area contributed by atoms with Gasteiger partial charge in [-0.25, -0.2) is 0 Å². The van der Waals surface area contributed by atoms with Crippen LogP contribution in [0.25, 0.3) is 0 Å². The first-order valence-electron chi connectivity index (χ1n) is 21.6. The van der Waals surface area contributed by atoms with Crippen LogP contribution < -0.4 is 49.7 Å². The number of ether oxygens (including phenoxy) is 2. The molecule has 0 aliphatic heterocycles. The van der Waals surface area contributed by atoms with Crippen LogP contribution in [0.2, 0.25) is 10.0 Å². The Morgan fingerprint density at radius 3 is 1.26 bits per heavy atom. The largest absolute Gasteiger partial charge is 1.00 e. The molecule has 0 aromatic heterocycles. The Kier molecular flexibility index (Phi) is 29.8. The number of Topliss-reactive ketones (excluding diaryl/α,β-unsaturated/α-hetero) is 3. The fourth-order valence-corrected chi connectivity index (χ4v) is 6.71. The second kappa shape index (κ2) is 32.1. The summed E-state index contributed by atoms with van der Waals surface area (Å²) in [6.07, 6.45) is -6.24. The zero-order chi connectivity index (χ0) is 51.2. The molecule has 2 amide bonds. The Morgan fingerprint density at radius 2 is 0.929 bits per heavy atom. The summed E-state index contributed by atoms with van der Waals surface area (Å²) >= 11 is 11.2. The molecule has 4 rings (SSSR count). The monoisotopic (exact) mass is 1040 g/mol. The number of ketones is 3. The minimum absolute atomic E-state index is 0. The van der Waals surface area contributed by atoms with Gasteiger partial charge in [0.2, 0.25) is 0 Å². The number of alkyl halides is 6. The number of halogens is 8. The predicted octanol–water partition coefficient (Wildman–Crippen LogP) is 9.89. The van der Waals surface area contributed by atoms with Crippen molar-refractivity contribution >= 4 is 69.7 Å². The molecule has 0 fully saturated rings.